The molecule has 2 nitrogen and oxygen atoms in total. The predicted molar refractivity (Wildman–Crippen MR) is 49.5 cm³/mol. The lowest BCUT2D eigenvalue weighted by Crippen LogP contribution is -2.53. The lowest BCUT2D eigenvalue weighted by Gasteiger charge is -2.28. The summed E-state index contributed by atoms with van der Waals surface area (Å²) in [7, 11) is 0. The van der Waals surface area contributed by atoms with Crippen molar-refractivity contribution in [3.05, 3.63) is 24.3 Å². The van der Waals surface area contributed by atoms with Crippen molar-refractivity contribution in [3.8, 4) is 11.5 Å². The number of hydrogen-bond acceptors (Lipinski definition) is 2. The fourth-order valence-electron chi connectivity index (χ4n) is 1.05. The van der Waals surface area contributed by atoms with Crippen LogP contribution in [0.1, 0.15) is 0 Å². The summed E-state index contributed by atoms with van der Waals surface area (Å²) in [6.07, 6.45) is -14.1. The van der Waals surface area contributed by atoms with Gasteiger partial charge in [-0.1, -0.05) is 0 Å². The van der Waals surface area contributed by atoms with Crippen LogP contribution in [-0.4, -0.2) is 29.7 Å². The van der Waals surface area contributed by atoms with Gasteiger partial charge in [-0.2, -0.15) is 17.6 Å². The lowest BCUT2D eigenvalue weighted by molar-refractivity contribution is -0.336. The van der Waals surface area contributed by atoms with Crippen LogP contribution < -0.4 is 4.74 Å². The zero-order valence-corrected chi connectivity index (χ0v) is 8.97. The van der Waals surface area contributed by atoms with Crippen molar-refractivity contribution >= 4 is 0 Å². The van der Waals surface area contributed by atoms with Crippen LogP contribution in [0, 0.1) is 0 Å². The van der Waals surface area contributed by atoms with E-state index in [1.807, 2.05) is 0 Å². The van der Waals surface area contributed by atoms with Crippen LogP contribution in [-0.2, 0) is 0 Å². The molecule has 0 amide bonds. The van der Waals surface area contributed by atoms with Gasteiger partial charge in [-0.25, -0.2) is 13.2 Å². The fourth-order valence-corrected chi connectivity index (χ4v) is 1.05. The highest BCUT2D eigenvalue weighted by Gasteiger charge is 2.67. The molecule has 0 saturated heterocycles. The second kappa shape index (κ2) is 5.14. The maximum absolute atomic E-state index is 13.0. The van der Waals surface area contributed by atoms with Crippen molar-refractivity contribution < 1.29 is 40.6 Å². The highest BCUT2D eigenvalue weighted by molar-refractivity contribution is 5.30. The number of benzene rings is 1. The maximum Gasteiger partial charge on any atom is 0.467 e. The van der Waals surface area contributed by atoms with E-state index < -0.39 is 30.4 Å². The van der Waals surface area contributed by atoms with E-state index in [1.165, 1.54) is 0 Å². The molecule has 1 unspecified atom stereocenters. The highest BCUT2D eigenvalue weighted by atomic mass is 19.3. The van der Waals surface area contributed by atoms with E-state index in [2.05, 4.69) is 4.74 Å². The largest absolute Gasteiger partial charge is 0.508 e. The first-order chi connectivity index (χ1) is 8.58. The molecule has 9 heteroatoms. The molecule has 0 aliphatic heterocycles. The van der Waals surface area contributed by atoms with Crippen LogP contribution in [0.2, 0.25) is 0 Å². The van der Waals surface area contributed by atoms with Crippen LogP contribution in [0.3, 0.4) is 0 Å². The van der Waals surface area contributed by atoms with Crippen molar-refractivity contribution in [1.29, 1.82) is 0 Å². The van der Waals surface area contributed by atoms with Crippen molar-refractivity contribution in [2.24, 2.45) is 0 Å². The van der Waals surface area contributed by atoms with E-state index in [4.69, 9.17) is 5.11 Å². The van der Waals surface area contributed by atoms with Gasteiger partial charge in [0.15, 0.2) is 0 Å². The van der Waals surface area contributed by atoms with Crippen molar-refractivity contribution in [3.63, 3.8) is 0 Å². The average molecular weight is 292 g/mol. The lowest BCUT2D eigenvalue weighted by atomic mass is 10.2. The molecule has 1 aromatic carbocycles. The summed E-state index contributed by atoms with van der Waals surface area (Å²) in [5.74, 6) is -6.92. The van der Waals surface area contributed by atoms with E-state index in [9.17, 15) is 30.7 Å². The number of aromatic hydroxyl groups is 1. The summed E-state index contributed by atoms with van der Waals surface area (Å²) in [5, 5.41) is 8.83. The molecule has 0 saturated carbocycles. The third-order valence-electron chi connectivity index (χ3n) is 2.04. The average Bonchev–Trinajstić information content (AvgIpc) is 2.30. The number of halogens is 7. The Morgan fingerprint density at radius 1 is 0.947 bits per heavy atom. The summed E-state index contributed by atoms with van der Waals surface area (Å²) < 4.78 is 91.2. The Balaban J connectivity index is 2.93. The molecular formula is C10H7F7O2. The molecule has 1 aromatic rings. The van der Waals surface area contributed by atoms with Crippen molar-refractivity contribution in [2.75, 3.05) is 0 Å². The molecule has 0 aliphatic rings. The Morgan fingerprint density at radius 3 is 1.84 bits per heavy atom. The van der Waals surface area contributed by atoms with Crippen molar-refractivity contribution in [2.45, 2.75) is 24.6 Å². The quantitative estimate of drug-likeness (QED) is 0.840. The molecule has 0 aliphatic carbocycles. The third-order valence-corrected chi connectivity index (χ3v) is 2.04. The van der Waals surface area contributed by atoms with E-state index in [0.29, 0.717) is 12.1 Å². The minimum atomic E-state index is -5.71. The standard InChI is InChI=1S/C10H7F7O2/c11-7(8(12)13)9(14,15)10(16,17)19-6-3-1-5(18)2-4-6/h1-4,7-8,18H. The van der Waals surface area contributed by atoms with Gasteiger partial charge >= 0.3 is 12.0 Å². The number of phenolic OH excluding ortho intramolecular Hbond substituents is 1. The molecule has 0 spiro atoms. The van der Waals surface area contributed by atoms with Gasteiger partial charge in [0.05, 0.1) is 0 Å². The Morgan fingerprint density at radius 2 is 1.42 bits per heavy atom. The Bertz CT molecular complexity index is 418. The number of ether oxygens (including phenoxy) is 1. The molecule has 0 heterocycles. The molecule has 108 valence electrons. The number of alkyl halides is 7. The normalized spacial score (nSPS) is 14.5. The van der Waals surface area contributed by atoms with Crippen LogP contribution in [0.25, 0.3) is 0 Å². The minimum Gasteiger partial charge on any atom is -0.508 e. The first-order valence-corrected chi connectivity index (χ1v) is 4.74. The summed E-state index contributed by atoms with van der Waals surface area (Å²) >= 11 is 0. The van der Waals surface area contributed by atoms with Crippen LogP contribution in [0.4, 0.5) is 30.7 Å². The predicted octanol–water partition coefficient (Wildman–Crippen LogP) is 3.60. The van der Waals surface area contributed by atoms with E-state index >= 15 is 0 Å². The fraction of sp³-hybridized carbons (Fsp3) is 0.400. The highest BCUT2D eigenvalue weighted by Crippen LogP contribution is 2.41. The molecular weight excluding hydrogens is 285 g/mol. The molecule has 19 heavy (non-hydrogen) atoms. The molecule has 1 rings (SSSR count). The van der Waals surface area contributed by atoms with E-state index in [-0.39, 0.29) is 5.75 Å². The van der Waals surface area contributed by atoms with Gasteiger partial charge in [0.2, 0.25) is 6.17 Å². The van der Waals surface area contributed by atoms with Gasteiger partial charge in [0.25, 0.3) is 6.43 Å². The first-order valence-electron chi connectivity index (χ1n) is 4.74. The number of rotatable bonds is 5. The Hall–Kier alpha value is -1.67. The van der Waals surface area contributed by atoms with E-state index in [1.54, 1.807) is 0 Å². The summed E-state index contributed by atoms with van der Waals surface area (Å²) in [6, 6.07) is 3.05. The summed E-state index contributed by atoms with van der Waals surface area (Å²) in [6.45, 7) is 0. The van der Waals surface area contributed by atoms with Gasteiger partial charge < -0.3 is 9.84 Å². The van der Waals surface area contributed by atoms with Crippen LogP contribution in [0.5, 0.6) is 11.5 Å². The molecule has 0 aromatic heterocycles. The van der Waals surface area contributed by atoms with Crippen LogP contribution >= 0.6 is 0 Å². The topological polar surface area (TPSA) is 29.5 Å². The van der Waals surface area contributed by atoms with Crippen LogP contribution in [0.15, 0.2) is 24.3 Å². The zero-order valence-electron chi connectivity index (χ0n) is 8.97. The molecule has 0 radical (unpaired) electrons. The zero-order chi connectivity index (χ0) is 14.8. The number of phenols is 1. The van der Waals surface area contributed by atoms with Gasteiger partial charge in [-0.3, -0.25) is 0 Å². The van der Waals surface area contributed by atoms with E-state index in [0.717, 1.165) is 12.1 Å². The second-order valence-electron chi connectivity index (χ2n) is 3.47. The Kier molecular flexibility index (Phi) is 4.16. The molecule has 0 fully saturated rings. The van der Waals surface area contributed by atoms with Gasteiger partial charge in [0, 0.05) is 0 Å². The molecule has 1 N–H and O–H groups in total. The summed E-state index contributed by atoms with van der Waals surface area (Å²) in [4.78, 5) is 0. The van der Waals surface area contributed by atoms with Gasteiger partial charge in [0.1, 0.15) is 11.5 Å². The second-order valence-corrected chi connectivity index (χ2v) is 3.47. The molecule has 1 atom stereocenters. The Labute approximate surface area is 102 Å². The van der Waals surface area contributed by atoms with Gasteiger partial charge in [-0.15, -0.1) is 0 Å². The maximum atomic E-state index is 13.0. The monoisotopic (exact) mass is 292 g/mol. The SMILES string of the molecule is Oc1ccc(OC(F)(F)C(F)(F)C(F)C(F)F)cc1. The third kappa shape index (κ3) is 3.21. The minimum absolute atomic E-state index is 0.363. The smallest absolute Gasteiger partial charge is 0.467 e. The first kappa shape index (κ1) is 15.4. The number of hydrogen-bond donors (Lipinski definition) is 1. The van der Waals surface area contributed by atoms with Gasteiger partial charge in [-0.05, 0) is 24.3 Å². The molecule has 0 bridgehead atoms. The summed E-state index contributed by atoms with van der Waals surface area (Å²) in [5.41, 5.74) is 0. The van der Waals surface area contributed by atoms with Crippen molar-refractivity contribution in [1.82, 2.24) is 0 Å².